The zero-order valence-electron chi connectivity index (χ0n) is 24.2. The molecule has 0 bridgehead atoms. The monoisotopic (exact) mass is 594 g/mol. The largest absolute Gasteiger partial charge is 0.493 e. The maximum Gasteiger partial charge on any atom is 0.343 e. The minimum absolute atomic E-state index is 0.212. The number of methoxy groups -OCH3 is 2. The number of hydrogen-bond donors (Lipinski definition) is 2. The van der Waals surface area contributed by atoms with Crippen molar-refractivity contribution in [3.05, 3.63) is 81.9 Å². The number of ether oxygens (including phenoxy) is 5. The lowest BCUT2D eigenvalue weighted by atomic mass is 9.94. The number of aliphatic hydroxyl groups excluding tert-OH is 2. The Hall–Kier alpha value is -4.74. The molecule has 0 heterocycles. The predicted octanol–water partition coefficient (Wildman–Crippen LogP) is 2.43. The number of hydrogen-bond acceptors (Lipinski definition) is 11. The number of ketones is 2. The first-order valence-electron chi connectivity index (χ1n) is 13.3. The van der Waals surface area contributed by atoms with Crippen LogP contribution in [0.3, 0.4) is 0 Å². The van der Waals surface area contributed by atoms with Gasteiger partial charge in [0.25, 0.3) is 0 Å². The highest BCUT2D eigenvalue weighted by molar-refractivity contribution is 5.83. The summed E-state index contributed by atoms with van der Waals surface area (Å²) >= 11 is 0. The second kappa shape index (κ2) is 16.0. The van der Waals surface area contributed by atoms with Gasteiger partial charge in [-0.05, 0) is 53.4 Å². The highest BCUT2D eigenvalue weighted by Gasteiger charge is 2.17. The fourth-order valence-corrected chi connectivity index (χ4v) is 4.29. The minimum atomic E-state index is -0.663. The van der Waals surface area contributed by atoms with Crippen LogP contribution in [0, 0.1) is 6.92 Å². The van der Waals surface area contributed by atoms with Crippen molar-refractivity contribution in [3.63, 3.8) is 0 Å². The number of rotatable bonds is 17. The van der Waals surface area contributed by atoms with Gasteiger partial charge in [0.2, 0.25) is 0 Å². The summed E-state index contributed by atoms with van der Waals surface area (Å²) in [5, 5.41) is 18.2. The van der Waals surface area contributed by atoms with Crippen LogP contribution in [-0.2, 0) is 32.0 Å². The van der Waals surface area contributed by atoms with E-state index in [4.69, 9.17) is 24.1 Å². The van der Waals surface area contributed by atoms with Gasteiger partial charge in [0.05, 0.1) is 19.8 Å². The first-order valence-corrected chi connectivity index (χ1v) is 13.3. The molecule has 11 heteroatoms. The number of Topliss-reactive ketones (excluding diaryl/α,β-unsaturated/α-hetero) is 2. The zero-order chi connectivity index (χ0) is 31.4. The van der Waals surface area contributed by atoms with Gasteiger partial charge in [-0.1, -0.05) is 29.8 Å². The third-order valence-electron chi connectivity index (χ3n) is 6.30. The molecular formula is C32H34O11. The second-order valence-electron chi connectivity index (χ2n) is 9.58. The summed E-state index contributed by atoms with van der Waals surface area (Å²) in [6.45, 7) is -0.377. The summed E-state index contributed by atoms with van der Waals surface area (Å²) in [5.41, 5.74) is 4.24. The lowest BCUT2D eigenvalue weighted by Crippen LogP contribution is -2.16. The number of aliphatic hydroxyl groups is 2. The molecule has 0 radical (unpaired) electrons. The molecule has 11 nitrogen and oxygen atoms in total. The molecule has 3 rings (SSSR count). The predicted molar refractivity (Wildman–Crippen MR) is 154 cm³/mol. The molecule has 3 aromatic carbocycles. The summed E-state index contributed by atoms with van der Waals surface area (Å²) in [6.07, 6.45) is 1.33. The fraction of sp³-hybridized carbons (Fsp3) is 0.312. The summed E-state index contributed by atoms with van der Waals surface area (Å²) in [7, 11) is 2.75. The number of aldehydes is 1. The van der Waals surface area contributed by atoms with Gasteiger partial charge >= 0.3 is 5.97 Å². The van der Waals surface area contributed by atoms with E-state index in [1.54, 1.807) is 30.3 Å². The van der Waals surface area contributed by atoms with Crippen LogP contribution >= 0.6 is 0 Å². The molecule has 0 amide bonds. The molecular weight excluding hydrogens is 560 g/mol. The van der Waals surface area contributed by atoms with E-state index >= 15 is 0 Å². The molecule has 0 unspecified atom stereocenters. The average molecular weight is 595 g/mol. The molecule has 0 aliphatic rings. The molecule has 0 fully saturated rings. The molecule has 0 spiro atoms. The number of aryl methyl sites for hydroxylation is 1. The van der Waals surface area contributed by atoms with E-state index in [-0.39, 0.29) is 31.1 Å². The van der Waals surface area contributed by atoms with E-state index in [0.29, 0.717) is 36.4 Å². The lowest BCUT2D eigenvalue weighted by molar-refractivity contribution is -0.143. The van der Waals surface area contributed by atoms with Crippen LogP contribution in [-0.4, -0.2) is 81.3 Å². The number of carbonyl (C=O) groups is 4. The molecule has 2 N–H and O–H groups in total. The van der Waals surface area contributed by atoms with Crippen LogP contribution in [0.4, 0.5) is 0 Å². The average Bonchev–Trinajstić information content (AvgIpc) is 3.02. The van der Waals surface area contributed by atoms with Crippen LogP contribution < -0.4 is 18.9 Å². The first kappa shape index (κ1) is 32.8. The van der Waals surface area contributed by atoms with E-state index < -0.39 is 30.7 Å². The van der Waals surface area contributed by atoms with E-state index in [0.717, 1.165) is 27.8 Å². The van der Waals surface area contributed by atoms with E-state index in [1.807, 2.05) is 25.1 Å². The lowest BCUT2D eigenvalue weighted by Gasteiger charge is -2.18. The molecule has 0 saturated heterocycles. The van der Waals surface area contributed by atoms with Crippen LogP contribution in [0.1, 0.15) is 38.2 Å². The van der Waals surface area contributed by atoms with Crippen LogP contribution in [0.2, 0.25) is 0 Å². The quantitative estimate of drug-likeness (QED) is 0.175. The molecule has 0 aliphatic heterocycles. The van der Waals surface area contributed by atoms with Gasteiger partial charge in [0.15, 0.2) is 36.0 Å². The van der Waals surface area contributed by atoms with Gasteiger partial charge in [-0.3, -0.25) is 14.4 Å². The summed E-state index contributed by atoms with van der Waals surface area (Å²) in [6, 6.07) is 14.1. The molecule has 0 saturated carbocycles. The Kier molecular flexibility index (Phi) is 12.2. The van der Waals surface area contributed by atoms with Crippen LogP contribution in [0.5, 0.6) is 23.0 Å². The van der Waals surface area contributed by atoms with Crippen molar-refractivity contribution in [3.8, 4) is 23.0 Å². The van der Waals surface area contributed by atoms with Gasteiger partial charge in [-0.2, -0.15) is 0 Å². The summed E-state index contributed by atoms with van der Waals surface area (Å²) in [5.74, 6) is -0.0941. The molecule has 43 heavy (non-hydrogen) atoms. The van der Waals surface area contributed by atoms with Gasteiger partial charge in [-0.25, -0.2) is 4.79 Å². The zero-order valence-corrected chi connectivity index (χ0v) is 24.2. The van der Waals surface area contributed by atoms with Gasteiger partial charge in [-0.15, -0.1) is 0 Å². The van der Waals surface area contributed by atoms with Crippen molar-refractivity contribution in [2.75, 3.05) is 47.3 Å². The summed E-state index contributed by atoms with van der Waals surface area (Å²) in [4.78, 5) is 46.6. The third-order valence-corrected chi connectivity index (χ3v) is 6.30. The highest BCUT2D eigenvalue weighted by atomic mass is 16.6. The van der Waals surface area contributed by atoms with Crippen molar-refractivity contribution in [1.82, 2.24) is 0 Å². The minimum Gasteiger partial charge on any atom is -0.493 e. The molecule has 0 aromatic heterocycles. The van der Waals surface area contributed by atoms with Crippen molar-refractivity contribution < 1.29 is 53.1 Å². The standard InChI is InChI=1S/C32H34O11/c1-20-8-23(10-21-4-6-28(25(12-21)14-33)41-17-26(36)15-34)32(43-18-27(37)16-35)24(9-20)11-22-5-7-29(30(13-22)39-2)42-19-31(38)40-3/h4-9,12-14,34-35H,10-11,15-19H2,1-3H3. The summed E-state index contributed by atoms with van der Waals surface area (Å²) < 4.78 is 26.9. The van der Waals surface area contributed by atoms with Crippen molar-refractivity contribution >= 4 is 23.8 Å². The van der Waals surface area contributed by atoms with Gasteiger partial charge in [0.1, 0.15) is 37.9 Å². The van der Waals surface area contributed by atoms with E-state index in [2.05, 4.69) is 4.74 Å². The normalized spacial score (nSPS) is 10.5. The molecule has 0 aliphatic carbocycles. The Bertz CT molecular complexity index is 1460. The fourth-order valence-electron chi connectivity index (χ4n) is 4.29. The molecule has 228 valence electrons. The number of carbonyl (C=O) groups excluding carboxylic acids is 4. The molecule has 0 atom stereocenters. The van der Waals surface area contributed by atoms with Gasteiger partial charge in [0, 0.05) is 12.8 Å². The number of benzene rings is 3. The Balaban J connectivity index is 1.95. The Labute approximate surface area is 248 Å². The maximum absolute atomic E-state index is 12.0. The Morgan fingerprint density at radius 3 is 1.84 bits per heavy atom. The topological polar surface area (TPSA) is 155 Å². The Morgan fingerprint density at radius 1 is 0.721 bits per heavy atom. The van der Waals surface area contributed by atoms with Gasteiger partial charge < -0.3 is 33.9 Å². The third kappa shape index (κ3) is 9.38. The van der Waals surface area contributed by atoms with E-state index in [1.165, 1.54) is 14.2 Å². The van der Waals surface area contributed by atoms with Crippen LogP contribution in [0.25, 0.3) is 0 Å². The van der Waals surface area contributed by atoms with E-state index in [9.17, 15) is 24.3 Å². The molecule has 3 aromatic rings. The van der Waals surface area contributed by atoms with Crippen molar-refractivity contribution in [1.29, 1.82) is 0 Å². The first-order chi connectivity index (χ1) is 20.7. The smallest absolute Gasteiger partial charge is 0.343 e. The Morgan fingerprint density at radius 2 is 1.28 bits per heavy atom. The van der Waals surface area contributed by atoms with Crippen LogP contribution in [0.15, 0.2) is 48.5 Å². The second-order valence-corrected chi connectivity index (χ2v) is 9.58. The number of esters is 1. The SMILES string of the molecule is COC(=O)COc1ccc(Cc2cc(C)cc(Cc3ccc(OCC(=O)CO)c(C=O)c3)c2OCC(=O)CO)cc1OC. The maximum atomic E-state index is 12.0. The van der Waals surface area contributed by atoms with Crippen molar-refractivity contribution in [2.45, 2.75) is 19.8 Å². The highest BCUT2D eigenvalue weighted by Crippen LogP contribution is 2.34. The van der Waals surface area contributed by atoms with Crippen molar-refractivity contribution in [2.24, 2.45) is 0 Å².